The fraction of sp³-hybridized carbons (Fsp3) is 0.414. The van der Waals surface area contributed by atoms with Crippen molar-refractivity contribution in [1.29, 1.82) is 0 Å². The lowest BCUT2D eigenvalue weighted by atomic mass is 10.1. The highest BCUT2D eigenvalue weighted by molar-refractivity contribution is 6.76. The lowest BCUT2D eigenvalue weighted by Gasteiger charge is -2.24. The Bertz CT molecular complexity index is 1590. The van der Waals surface area contributed by atoms with E-state index in [4.69, 9.17) is 9.47 Å². The molecular formula is C29H37F2N5O4Si. The molecule has 0 atom stereocenters. The van der Waals surface area contributed by atoms with E-state index in [0.29, 0.717) is 40.8 Å². The van der Waals surface area contributed by atoms with Gasteiger partial charge in [-0.1, -0.05) is 31.8 Å². The Morgan fingerprint density at radius 3 is 2.51 bits per heavy atom. The quantitative estimate of drug-likeness (QED) is 0.131. The minimum Gasteiger partial charge on any atom is -0.444 e. The molecule has 0 saturated carbocycles. The van der Waals surface area contributed by atoms with Gasteiger partial charge in [-0.2, -0.15) is 5.10 Å². The van der Waals surface area contributed by atoms with Crippen LogP contribution in [0.25, 0.3) is 27.8 Å². The first-order chi connectivity index (χ1) is 19.2. The van der Waals surface area contributed by atoms with E-state index >= 15 is 4.39 Å². The van der Waals surface area contributed by atoms with Gasteiger partial charge < -0.3 is 19.7 Å². The highest BCUT2D eigenvalue weighted by Gasteiger charge is 2.24. The second-order valence-electron chi connectivity index (χ2n) is 12.3. The summed E-state index contributed by atoms with van der Waals surface area (Å²) in [5, 5.41) is 7.03. The molecule has 12 heteroatoms. The largest absolute Gasteiger partial charge is 0.444 e. The van der Waals surface area contributed by atoms with Crippen LogP contribution in [0.15, 0.2) is 36.5 Å². The van der Waals surface area contributed by atoms with Gasteiger partial charge in [-0.25, -0.2) is 18.1 Å². The van der Waals surface area contributed by atoms with E-state index in [0.717, 1.165) is 6.04 Å². The van der Waals surface area contributed by atoms with Gasteiger partial charge >= 0.3 is 6.09 Å². The van der Waals surface area contributed by atoms with Crippen LogP contribution in [0.2, 0.25) is 25.7 Å². The number of anilines is 1. The van der Waals surface area contributed by atoms with Gasteiger partial charge in [0.25, 0.3) is 0 Å². The van der Waals surface area contributed by atoms with Crippen molar-refractivity contribution in [2.24, 2.45) is 0 Å². The molecule has 41 heavy (non-hydrogen) atoms. The number of halogens is 2. The average Bonchev–Trinajstić information content (AvgIpc) is 3.39. The van der Waals surface area contributed by atoms with Gasteiger partial charge in [0.2, 0.25) is 6.41 Å². The molecule has 0 bridgehead atoms. The van der Waals surface area contributed by atoms with Gasteiger partial charge in [0.1, 0.15) is 35.1 Å². The van der Waals surface area contributed by atoms with Crippen molar-refractivity contribution >= 4 is 42.9 Å². The van der Waals surface area contributed by atoms with E-state index < -0.39 is 31.4 Å². The zero-order chi connectivity index (χ0) is 30.1. The SMILES string of the molecule is CN(Cc1ccc(-c2cnn3c4c(NC=O)cc(F)cc4n(COCC[Si](C)(C)C)c23)c(F)c1)C(=O)OC(C)(C)C. The number of imidazole rings is 1. The van der Waals surface area contributed by atoms with Crippen LogP contribution in [0.3, 0.4) is 0 Å². The molecule has 4 rings (SSSR count). The second-order valence-corrected chi connectivity index (χ2v) is 17.9. The molecule has 0 unspecified atom stereocenters. The summed E-state index contributed by atoms with van der Waals surface area (Å²) in [6.07, 6.45) is 1.50. The standard InChI is InChI=1S/C29H37F2N5O4Si/c1-29(2,3)40-28(38)34(4)16-19-8-9-21(23(31)12-19)22-15-33-36-26-24(32-17-37)13-20(30)14-25(26)35(27(22)36)18-39-10-11-41(5,6)7/h8-9,12-15,17H,10-11,16,18H2,1-7H3,(H,32,37). The van der Waals surface area contributed by atoms with Gasteiger partial charge in [0.05, 0.1) is 17.4 Å². The van der Waals surface area contributed by atoms with Crippen LogP contribution >= 0.6 is 0 Å². The number of fused-ring (bicyclic) bond motifs is 3. The number of hydrogen-bond acceptors (Lipinski definition) is 5. The summed E-state index contributed by atoms with van der Waals surface area (Å²) in [4.78, 5) is 25.0. The van der Waals surface area contributed by atoms with Crippen LogP contribution in [0, 0.1) is 11.6 Å². The van der Waals surface area contributed by atoms with E-state index in [9.17, 15) is 14.0 Å². The maximum Gasteiger partial charge on any atom is 0.410 e. The Morgan fingerprint density at radius 2 is 1.88 bits per heavy atom. The van der Waals surface area contributed by atoms with Crippen LogP contribution in [-0.4, -0.2) is 58.9 Å². The van der Waals surface area contributed by atoms with E-state index in [1.54, 1.807) is 49.0 Å². The Kier molecular flexibility index (Phi) is 8.55. The van der Waals surface area contributed by atoms with Crippen LogP contribution < -0.4 is 5.32 Å². The summed E-state index contributed by atoms with van der Waals surface area (Å²) < 4.78 is 45.0. The minimum atomic E-state index is -1.35. The molecule has 0 fully saturated rings. The van der Waals surface area contributed by atoms with Crippen LogP contribution in [0.5, 0.6) is 0 Å². The summed E-state index contributed by atoms with van der Waals surface area (Å²) >= 11 is 0. The molecule has 2 amide bonds. The number of nitrogens with one attached hydrogen (secondary N) is 1. The average molecular weight is 586 g/mol. The number of amides is 2. The number of carbonyl (C=O) groups is 2. The van der Waals surface area contributed by atoms with Gasteiger partial charge in [-0.05, 0) is 44.5 Å². The molecular weight excluding hydrogens is 548 g/mol. The van der Waals surface area contributed by atoms with Crippen LogP contribution in [0.4, 0.5) is 19.3 Å². The summed E-state index contributed by atoms with van der Waals surface area (Å²) in [6.45, 7) is 12.8. The van der Waals surface area contributed by atoms with Crippen molar-refractivity contribution in [3.8, 4) is 11.1 Å². The van der Waals surface area contributed by atoms with Crippen molar-refractivity contribution in [2.75, 3.05) is 19.0 Å². The van der Waals surface area contributed by atoms with Crippen molar-refractivity contribution in [2.45, 2.75) is 65.3 Å². The topological polar surface area (TPSA) is 90.1 Å². The molecule has 0 aliphatic carbocycles. The molecule has 0 aliphatic heterocycles. The molecule has 0 radical (unpaired) electrons. The highest BCUT2D eigenvalue weighted by Crippen LogP contribution is 2.35. The fourth-order valence-electron chi connectivity index (χ4n) is 4.47. The number of nitrogens with zero attached hydrogens (tertiary/aromatic N) is 4. The third-order valence-corrected chi connectivity index (χ3v) is 8.14. The highest BCUT2D eigenvalue weighted by atomic mass is 28.3. The van der Waals surface area contributed by atoms with E-state index in [1.165, 1.54) is 29.3 Å². The van der Waals surface area contributed by atoms with E-state index in [-0.39, 0.29) is 24.5 Å². The predicted molar refractivity (Wildman–Crippen MR) is 158 cm³/mol. The number of carbonyl (C=O) groups excluding carboxylic acids is 2. The number of rotatable bonds is 10. The molecule has 4 aromatic rings. The Balaban J connectivity index is 1.75. The minimum absolute atomic E-state index is 0.0839. The summed E-state index contributed by atoms with van der Waals surface area (Å²) in [7, 11) is 0.237. The van der Waals surface area contributed by atoms with Crippen molar-refractivity contribution in [3.05, 3.63) is 53.7 Å². The molecule has 0 spiro atoms. The second kappa shape index (κ2) is 11.6. The fourth-order valence-corrected chi connectivity index (χ4v) is 5.23. The van der Waals surface area contributed by atoms with Crippen molar-refractivity contribution in [1.82, 2.24) is 19.1 Å². The maximum atomic E-state index is 15.6. The van der Waals surface area contributed by atoms with Gasteiger partial charge in [-0.15, -0.1) is 0 Å². The van der Waals surface area contributed by atoms with E-state index in [1.807, 2.05) is 0 Å². The van der Waals surface area contributed by atoms with Gasteiger partial charge in [0.15, 0.2) is 0 Å². The lowest BCUT2D eigenvalue weighted by Crippen LogP contribution is -2.33. The zero-order valence-corrected chi connectivity index (χ0v) is 25.5. The van der Waals surface area contributed by atoms with Crippen molar-refractivity contribution in [3.63, 3.8) is 0 Å². The number of ether oxygens (including phenoxy) is 2. The normalized spacial score (nSPS) is 12.2. The third kappa shape index (κ3) is 6.94. The van der Waals surface area contributed by atoms with E-state index in [2.05, 4.69) is 30.1 Å². The first-order valence-electron chi connectivity index (χ1n) is 13.4. The number of benzene rings is 2. The Hall–Kier alpha value is -3.77. The van der Waals surface area contributed by atoms with Crippen LogP contribution in [0.1, 0.15) is 26.3 Å². The van der Waals surface area contributed by atoms with Crippen molar-refractivity contribution < 1.29 is 27.8 Å². The summed E-state index contributed by atoms with van der Waals surface area (Å²) in [5.74, 6) is -1.05. The molecule has 1 N–H and O–H groups in total. The number of hydrogen-bond donors (Lipinski definition) is 1. The summed E-state index contributed by atoms with van der Waals surface area (Å²) in [5.41, 5.74) is 2.32. The molecule has 2 aromatic carbocycles. The summed E-state index contributed by atoms with van der Waals surface area (Å²) in [6, 6.07) is 8.23. The number of aromatic nitrogens is 3. The Morgan fingerprint density at radius 1 is 1.15 bits per heavy atom. The zero-order valence-electron chi connectivity index (χ0n) is 24.5. The Labute approximate surface area is 239 Å². The monoisotopic (exact) mass is 585 g/mol. The van der Waals surface area contributed by atoms with Gasteiger partial charge in [-0.3, -0.25) is 9.36 Å². The first kappa shape index (κ1) is 30.2. The molecule has 0 aliphatic rings. The maximum absolute atomic E-state index is 15.6. The van der Waals surface area contributed by atoms with Crippen LogP contribution in [-0.2, 0) is 27.5 Å². The molecule has 9 nitrogen and oxygen atoms in total. The molecule has 220 valence electrons. The molecule has 2 aromatic heterocycles. The smallest absolute Gasteiger partial charge is 0.410 e. The predicted octanol–water partition coefficient (Wildman–Crippen LogP) is 6.48. The first-order valence-corrected chi connectivity index (χ1v) is 17.1. The lowest BCUT2D eigenvalue weighted by molar-refractivity contribution is -0.105. The molecule has 2 heterocycles. The van der Waals surface area contributed by atoms with Gasteiger partial charge in [0, 0.05) is 45.5 Å². The molecule has 0 saturated heterocycles. The third-order valence-electron chi connectivity index (χ3n) is 6.44.